The van der Waals surface area contributed by atoms with Crippen LogP contribution >= 0.6 is 23.2 Å². The lowest BCUT2D eigenvalue weighted by Crippen LogP contribution is -2.04. The molecular weight excluding hydrogens is 285 g/mol. The van der Waals surface area contributed by atoms with Gasteiger partial charge in [0.15, 0.2) is 0 Å². The first kappa shape index (κ1) is 14.1. The van der Waals surface area contributed by atoms with Gasteiger partial charge in [0.1, 0.15) is 5.75 Å². The first-order chi connectivity index (χ1) is 9.11. The minimum Gasteiger partial charge on any atom is -0.496 e. The molecule has 0 fully saturated rings. The van der Waals surface area contributed by atoms with E-state index in [0.29, 0.717) is 27.8 Å². The van der Waals surface area contributed by atoms with Gasteiger partial charge >= 0.3 is 0 Å². The van der Waals surface area contributed by atoms with Crippen LogP contribution < -0.4 is 4.74 Å². The molecule has 0 saturated heterocycles. The largest absolute Gasteiger partial charge is 0.496 e. The van der Waals surface area contributed by atoms with Crippen LogP contribution in [-0.4, -0.2) is 17.2 Å². The Balaban J connectivity index is 2.26. The fourth-order valence-electron chi connectivity index (χ4n) is 1.88. The van der Waals surface area contributed by atoms with Crippen molar-refractivity contribution >= 4 is 23.2 Å². The van der Waals surface area contributed by atoms with Crippen LogP contribution in [0.5, 0.6) is 5.75 Å². The Hall–Kier alpha value is -1.29. The fourth-order valence-corrected chi connectivity index (χ4v) is 2.32. The molecule has 0 aliphatic rings. The van der Waals surface area contributed by atoms with Crippen LogP contribution in [0.2, 0.25) is 10.0 Å². The van der Waals surface area contributed by atoms with Crippen molar-refractivity contribution in [2.75, 3.05) is 7.11 Å². The number of halogens is 2. The van der Waals surface area contributed by atoms with Gasteiger partial charge in [-0.05, 0) is 29.8 Å². The highest BCUT2D eigenvalue weighted by atomic mass is 35.5. The summed E-state index contributed by atoms with van der Waals surface area (Å²) < 4.78 is 5.25. The molecule has 0 bridgehead atoms. The van der Waals surface area contributed by atoms with Crippen molar-refractivity contribution < 1.29 is 9.84 Å². The molecule has 1 N–H and O–H groups in total. The molecule has 1 unspecified atom stereocenters. The maximum Gasteiger partial charge on any atom is 0.122 e. The third kappa shape index (κ3) is 3.38. The summed E-state index contributed by atoms with van der Waals surface area (Å²) in [5.41, 5.74) is 1.47. The van der Waals surface area contributed by atoms with Crippen LogP contribution in [0.1, 0.15) is 17.2 Å². The molecule has 1 heterocycles. The van der Waals surface area contributed by atoms with Crippen molar-refractivity contribution in [3.63, 3.8) is 0 Å². The van der Waals surface area contributed by atoms with Crippen LogP contribution in [0.4, 0.5) is 0 Å². The van der Waals surface area contributed by atoms with Gasteiger partial charge in [0.05, 0.1) is 18.2 Å². The van der Waals surface area contributed by atoms with E-state index in [-0.39, 0.29) is 0 Å². The molecule has 2 rings (SSSR count). The zero-order valence-corrected chi connectivity index (χ0v) is 11.8. The summed E-state index contributed by atoms with van der Waals surface area (Å²) in [6.45, 7) is 0. The summed E-state index contributed by atoms with van der Waals surface area (Å²) in [5.74, 6) is 0.689. The molecule has 1 atom stereocenters. The highest BCUT2D eigenvalue weighted by Gasteiger charge is 2.15. The second-order valence-electron chi connectivity index (χ2n) is 4.07. The van der Waals surface area contributed by atoms with E-state index in [1.54, 1.807) is 37.6 Å². The van der Waals surface area contributed by atoms with Gasteiger partial charge in [-0.2, -0.15) is 0 Å². The van der Waals surface area contributed by atoms with E-state index >= 15 is 0 Å². The van der Waals surface area contributed by atoms with E-state index < -0.39 is 6.10 Å². The normalized spacial score (nSPS) is 12.2. The molecule has 0 aliphatic carbocycles. The lowest BCUT2D eigenvalue weighted by molar-refractivity contribution is 0.177. The van der Waals surface area contributed by atoms with Gasteiger partial charge in [-0.15, -0.1) is 0 Å². The van der Waals surface area contributed by atoms with Crippen molar-refractivity contribution in [2.45, 2.75) is 12.5 Å². The lowest BCUT2D eigenvalue weighted by atomic mass is 10.0. The van der Waals surface area contributed by atoms with E-state index in [0.717, 1.165) is 5.56 Å². The Morgan fingerprint density at radius 1 is 1.32 bits per heavy atom. The number of hydrogen-bond acceptors (Lipinski definition) is 3. The van der Waals surface area contributed by atoms with Gasteiger partial charge in [0.2, 0.25) is 0 Å². The minimum absolute atomic E-state index is 0.369. The van der Waals surface area contributed by atoms with E-state index in [4.69, 9.17) is 27.9 Å². The zero-order chi connectivity index (χ0) is 13.8. The first-order valence-corrected chi connectivity index (χ1v) is 6.47. The Bertz CT molecular complexity index is 575. The Morgan fingerprint density at radius 3 is 2.79 bits per heavy atom. The van der Waals surface area contributed by atoms with Crippen molar-refractivity contribution in [3.05, 3.63) is 57.8 Å². The Kier molecular flexibility index (Phi) is 4.64. The predicted molar refractivity (Wildman–Crippen MR) is 75.9 cm³/mol. The fraction of sp³-hybridized carbons (Fsp3) is 0.214. The van der Waals surface area contributed by atoms with Crippen molar-refractivity contribution in [1.82, 2.24) is 4.98 Å². The number of aromatic nitrogens is 1. The number of hydrogen-bond donors (Lipinski definition) is 1. The van der Waals surface area contributed by atoms with Crippen LogP contribution in [0.15, 0.2) is 36.7 Å². The van der Waals surface area contributed by atoms with Gasteiger partial charge in [-0.25, -0.2) is 0 Å². The van der Waals surface area contributed by atoms with Crippen LogP contribution in [0.3, 0.4) is 0 Å². The average Bonchev–Trinajstić information content (AvgIpc) is 2.39. The molecule has 0 radical (unpaired) electrons. The molecule has 1 aromatic heterocycles. The molecule has 0 amide bonds. The monoisotopic (exact) mass is 297 g/mol. The molecule has 100 valence electrons. The van der Waals surface area contributed by atoms with Crippen molar-refractivity contribution in [1.29, 1.82) is 0 Å². The standard InChI is InChI=1S/C14H13Cl2NO2/c1-19-14-3-2-10(15)6-9(14)7-13(18)11-4-5-17-8-12(11)16/h2-6,8,13,18H,7H2,1H3. The number of benzene rings is 1. The number of methoxy groups -OCH3 is 1. The quantitative estimate of drug-likeness (QED) is 0.936. The highest BCUT2D eigenvalue weighted by Crippen LogP contribution is 2.30. The predicted octanol–water partition coefficient (Wildman–Crippen LogP) is 3.67. The summed E-state index contributed by atoms with van der Waals surface area (Å²) in [4.78, 5) is 3.89. The average molecular weight is 298 g/mol. The van der Waals surface area contributed by atoms with Crippen molar-refractivity contribution in [2.24, 2.45) is 0 Å². The number of aliphatic hydroxyl groups is 1. The summed E-state index contributed by atoms with van der Waals surface area (Å²) in [5, 5.41) is 11.3. The van der Waals surface area contributed by atoms with E-state index in [9.17, 15) is 5.11 Å². The van der Waals surface area contributed by atoms with Crippen LogP contribution in [0, 0.1) is 0 Å². The van der Waals surface area contributed by atoms with Crippen molar-refractivity contribution in [3.8, 4) is 5.75 Å². The van der Waals surface area contributed by atoms with Gasteiger partial charge in [0, 0.05) is 29.4 Å². The molecule has 2 aromatic rings. The SMILES string of the molecule is COc1ccc(Cl)cc1CC(O)c1ccncc1Cl. The maximum atomic E-state index is 10.3. The molecule has 19 heavy (non-hydrogen) atoms. The lowest BCUT2D eigenvalue weighted by Gasteiger charge is -2.15. The number of pyridine rings is 1. The van der Waals surface area contributed by atoms with E-state index in [1.165, 1.54) is 6.20 Å². The topological polar surface area (TPSA) is 42.4 Å². The molecule has 0 aliphatic heterocycles. The number of rotatable bonds is 4. The number of nitrogens with zero attached hydrogens (tertiary/aromatic N) is 1. The smallest absolute Gasteiger partial charge is 0.122 e. The second-order valence-corrected chi connectivity index (χ2v) is 4.92. The van der Waals surface area contributed by atoms with E-state index in [2.05, 4.69) is 4.98 Å². The first-order valence-electron chi connectivity index (χ1n) is 5.71. The van der Waals surface area contributed by atoms with Gasteiger partial charge in [-0.1, -0.05) is 23.2 Å². The van der Waals surface area contributed by atoms with Crippen LogP contribution in [-0.2, 0) is 6.42 Å². The third-order valence-corrected chi connectivity index (χ3v) is 3.37. The maximum absolute atomic E-state index is 10.3. The minimum atomic E-state index is -0.733. The highest BCUT2D eigenvalue weighted by molar-refractivity contribution is 6.31. The molecule has 1 aromatic carbocycles. The zero-order valence-electron chi connectivity index (χ0n) is 10.3. The van der Waals surface area contributed by atoms with Gasteiger partial charge in [-0.3, -0.25) is 4.98 Å². The molecular formula is C14H13Cl2NO2. The molecule has 0 saturated carbocycles. The summed E-state index contributed by atoms with van der Waals surface area (Å²) >= 11 is 12.0. The molecule has 0 spiro atoms. The summed E-state index contributed by atoms with van der Waals surface area (Å²) in [6, 6.07) is 7.00. The Labute approximate surface area is 121 Å². The van der Waals surface area contributed by atoms with E-state index in [1.807, 2.05) is 0 Å². The number of aliphatic hydroxyl groups excluding tert-OH is 1. The van der Waals surface area contributed by atoms with Crippen LogP contribution in [0.25, 0.3) is 0 Å². The Morgan fingerprint density at radius 2 is 2.11 bits per heavy atom. The summed E-state index contributed by atoms with van der Waals surface area (Å²) in [7, 11) is 1.58. The van der Waals surface area contributed by atoms with Gasteiger partial charge < -0.3 is 9.84 Å². The molecule has 3 nitrogen and oxygen atoms in total. The van der Waals surface area contributed by atoms with Gasteiger partial charge in [0.25, 0.3) is 0 Å². The number of ether oxygens (including phenoxy) is 1. The second kappa shape index (κ2) is 6.24. The third-order valence-electron chi connectivity index (χ3n) is 2.82. The molecule has 5 heteroatoms. The summed E-state index contributed by atoms with van der Waals surface area (Å²) in [6.07, 6.45) is 2.74.